The van der Waals surface area contributed by atoms with E-state index in [1.165, 1.54) is 11.3 Å². The summed E-state index contributed by atoms with van der Waals surface area (Å²) in [6, 6.07) is 18.0. The molecule has 126 valence electrons. The Bertz CT molecular complexity index is 872. The van der Waals surface area contributed by atoms with Gasteiger partial charge >= 0.3 is 0 Å². The van der Waals surface area contributed by atoms with Crippen molar-refractivity contribution in [2.45, 2.75) is 25.4 Å². The molecule has 5 heteroatoms. The van der Waals surface area contributed by atoms with Gasteiger partial charge in [-0.1, -0.05) is 54.1 Å². The first-order valence-corrected chi connectivity index (χ1v) is 9.53. The molecule has 1 aliphatic carbocycles. The van der Waals surface area contributed by atoms with Crippen LogP contribution in [0.1, 0.15) is 28.9 Å². The zero-order valence-corrected chi connectivity index (χ0v) is 15.1. The lowest BCUT2D eigenvalue weighted by Gasteiger charge is -2.21. The van der Waals surface area contributed by atoms with E-state index < -0.39 is 0 Å². The van der Waals surface area contributed by atoms with Crippen molar-refractivity contribution in [1.29, 1.82) is 0 Å². The fourth-order valence-electron chi connectivity index (χ4n) is 2.78. The molecule has 1 amide bonds. The van der Waals surface area contributed by atoms with Crippen molar-refractivity contribution in [2.24, 2.45) is 0 Å². The number of hydrogen-bond donors (Lipinski definition) is 0. The normalized spacial score (nSPS) is 13.6. The monoisotopic (exact) mass is 368 g/mol. The molecule has 1 heterocycles. The van der Waals surface area contributed by atoms with Gasteiger partial charge in [-0.05, 0) is 30.5 Å². The maximum Gasteiger partial charge on any atom is 0.273 e. The highest BCUT2D eigenvalue weighted by Gasteiger charge is 2.34. The summed E-state index contributed by atoms with van der Waals surface area (Å²) in [4.78, 5) is 19.5. The fraction of sp³-hybridized carbons (Fsp3) is 0.200. The van der Waals surface area contributed by atoms with Crippen molar-refractivity contribution in [3.8, 4) is 10.6 Å². The van der Waals surface area contributed by atoms with Crippen molar-refractivity contribution in [2.75, 3.05) is 0 Å². The number of carbonyl (C=O) groups excluding carboxylic acids is 1. The van der Waals surface area contributed by atoms with E-state index in [4.69, 9.17) is 11.6 Å². The van der Waals surface area contributed by atoms with Gasteiger partial charge in [0.05, 0.1) is 0 Å². The number of nitrogens with zero attached hydrogens (tertiary/aromatic N) is 2. The largest absolute Gasteiger partial charge is 0.330 e. The lowest BCUT2D eigenvalue weighted by Crippen LogP contribution is -2.32. The third-order valence-electron chi connectivity index (χ3n) is 4.26. The van der Waals surface area contributed by atoms with Crippen molar-refractivity contribution in [3.05, 3.63) is 76.3 Å². The number of benzene rings is 2. The minimum Gasteiger partial charge on any atom is -0.330 e. The number of carbonyl (C=O) groups is 1. The molecule has 3 nitrogen and oxygen atoms in total. The average Bonchev–Trinajstić information content (AvgIpc) is 3.37. The highest BCUT2D eigenvalue weighted by molar-refractivity contribution is 7.13. The van der Waals surface area contributed by atoms with Gasteiger partial charge in [0.2, 0.25) is 0 Å². The van der Waals surface area contributed by atoms with Crippen LogP contribution in [0.25, 0.3) is 10.6 Å². The smallest absolute Gasteiger partial charge is 0.273 e. The predicted molar refractivity (Wildman–Crippen MR) is 102 cm³/mol. The lowest BCUT2D eigenvalue weighted by molar-refractivity contribution is 0.0725. The van der Waals surface area contributed by atoms with Gasteiger partial charge in [0.15, 0.2) is 0 Å². The molecular weight excluding hydrogens is 352 g/mol. The summed E-state index contributed by atoms with van der Waals surface area (Å²) in [5.41, 5.74) is 2.66. The van der Waals surface area contributed by atoms with Crippen molar-refractivity contribution in [3.63, 3.8) is 0 Å². The number of aromatic nitrogens is 1. The maximum absolute atomic E-state index is 13.0. The summed E-state index contributed by atoms with van der Waals surface area (Å²) in [6.07, 6.45) is 2.15. The van der Waals surface area contributed by atoms with Crippen molar-refractivity contribution < 1.29 is 4.79 Å². The topological polar surface area (TPSA) is 33.2 Å². The van der Waals surface area contributed by atoms with Gasteiger partial charge in [-0.2, -0.15) is 0 Å². The molecule has 1 aliphatic rings. The molecule has 3 aromatic rings. The van der Waals surface area contributed by atoms with Gasteiger partial charge in [-0.15, -0.1) is 11.3 Å². The number of hydrogen-bond acceptors (Lipinski definition) is 3. The highest BCUT2D eigenvalue weighted by Crippen LogP contribution is 2.31. The Morgan fingerprint density at radius 3 is 2.52 bits per heavy atom. The molecule has 0 aliphatic heterocycles. The van der Waals surface area contributed by atoms with Crippen molar-refractivity contribution >= 4 is 28.8 Å². The lowest BCUT2D eigenvalue weighted by atomic mass is 10.2. The summed E-state index contributed by atoms with van der Waals surface area (Å²) in [5, 5.41) is 3.39. The summed E-state index contributed by atoms with van der Waals surface area (Å²) in [5.74, 6) is 0.0165. The Balaban J connectivity index is 1.55. The molecular formula is C20H17ClN2OS. The van der Waals surface area contributed by atoms with Crippen LogP contribution in [0.2, 0.25) is 5.02 Å². The Hall–Kier alpha value is -2.17. The average molecular weight is 369 g/mol. The SMILES string of the molecule is O=C(c1csc(-c2ccc(Cl)cc2)n1)N(Cc1ccccc1)C1CC1. The molecule has 0 saturated heterocycles. The molecule has 1 aromatic heterocycles. The molecule has 1 fully saturated rings. The second-order valence-corrected chi connectivity index (χ2v) is 7.49. The third kappa shape index (κ3) is 3.75. The second kappa shape index (κ2) is 6.98. The van der Waals surface area contributed by atoms with E-state index >= 15 is 0 Å². The van der Waals surface area contributed by atoms with E-state index in [1.807, 2.05) is 52.7 Å². The minimum atomic E-state index is 0.0165. The van der Waals surface area contributed by atoms with Gasteiger partial charge in [-0.25, -0.2) is 4.98 Å². The van der Waals surface area contributed by atoms with Crippen LogP contribution in [0.4, 0.5) is 0 Å². The Morgan fingerprint density at radius 1 is 1.12 bits per heavy atom. The maximum atomic E-state index is 13.0. The molecule has 1 saturated carbocycles. The van der Waals surface area contributed by atoms with E-state index in [9.17, 15) is 4.79 Å². The quantitative estimate of drug-likeness (QED) is 0.614. The van der Waals surface area contributed by atoms with Crippen LogP contribution in [0.5, 0.6) is 0 Å². The molecule has 25 heavy (non-hydrogen) atoms. The van der Waals surface area contributed by atoms with E-state index in [-0.39, 0.29) is 5.91 Å². The van der Waals surface area contributed by atoms with E-state index in [1.54, 1.807) is 0 Å². The standard InChI is InChI=1S/C20H17ClN2OS/c21-16-8-6-15(7-9-16)19-22-18(13-25-19)20(24)23(17-10-11-17)12-14-4-2-1-3-5-14/h1-9,13,17H,10-12H2. The minimum absolute atomic E-state index is 0.0165. The third-order valence-corrected chi connectivity index (χ3v) is 5.40. The number of thiazole rings is 1. The second-order valence-electron chi connectivity index (χ2n) is 6.19. The Kier molecular flexibility index (Phi) is 4.55. The first kappa shape index (κ1) is 16.3. The first-order chi connectivity index (χ1) is 12.2. The van der Waals surface area contributed by atoms with Crippen molar-refractivity contribution in [1.82, 2.24) is 9.88 Å². The summed E-state index contributed by atoms with van der Waals surface area (Å²) < 4.78 is 0. The predicted octanol–water partition coefficient (Wildman–Crippen LogP) is 5.27. The molecule has 2 aromatic carbocycles. The van der Waals surface area contributed by atoms with Gasteiger partial charge in [0.25, 0.3) is 5.91 Å². The summed E-state index contributed by atoms with van der Waals surface area (Å²) in [6.45, 7) is 0.637. The van der Waals surface area contributed by atoms with Crippen LogP contribution in [0.15, 0.2) is 60.0 Å². The molecule has 0 atom stereocenters. The zero-order chi connectivity index (χ0) is 17.2. The van der Waals surface area contributed by atoms with E-state index in [0.29, 0.717) is 23.3 Å². The van der Waals surface area contributed by atoms with Crippen LogP contribution >= 0.6 is 22.9 Å². The molecule has 0 bridgehead atoms. The molecule has 0 spiro atoms. The fourth-order valence-corrected chi connectivity index (χ4v) is 3.70. The van der Waals surface area contributed by atoms with Crippen LogP contribution < -0.4 is 0 Å². The summed E-state index contributed by atoms with van der Waals surface area (Å²) in [7, 11) is 0. The van der Waals surface area contributed by atoms with Crippen LogP contribution in [0, 0.1) is 0 Å². The summed E-state index contributed by atoms with van der Waals surface area (Å²) >= 11 is 7.43. The van der Waals surface area contributed by atoms with E-state index in [2.05, 4.69) is 17.1 Å². The van der Waals surface area contributed by atoms with Crippen LogP contribution in [-0.4, -0.2) is 21.8 Å². The van der Waals surface area contributed by atoms with Gasteiger partial charge in [0.1, 0.15) is 10.7 Å². The number of amides is 1. The van der Waals surface area contributed by atoms with E-state index in [0.717, 1.165) is 29.0 Å². The molecule has 0 unspecified atom stereocenters. The molecule has 0 radical (unpaired) electrons. The Labute approximate surface area is 155 Å². The first-order valence-electron chi connectivity index (χ1n) is 8.27. The number of halogens is 1. The highest BCUT2D eigenvalue weighted by atomic mass is 35.5. The van der Waals surface area contributed by atoms with Crippen LogP contribution in [-0.2, 0) is 6.54 Å². The Morgan fingerprint density at radius 2 is 1.84 bits per heavy atom. The molecule has 4 rings (SSSR count). The van der Waals surface area contributed by atoms with Gasteiger partial charge in [0, 0.05) is 28.6 Å². The van der Waals surface area contributed by atoms with Crippen LogP contribution in [0.3, 0.4) is 0 Å². The number of rotatable bonds is 5. The van der Waals surface area contributed by atoms with Gasteiger partial charge < -0.3 is 4.90 Å². The molecule has 0 N–H and O–H groups in total. The van der Waals surface area contributed by atoms with Gasteiger partial charge in [-0.3, -0.25) is 4.79 Å². The zero-order valence-electron chi connectivity index (χ0n) is 13.6.